The van der Waals surface area contributed by atoms with Crippen LogP contribution < -0.4 is 9.47 Å². The standard InChI is InChI=1S/C15H11NO3/c17-16-12-7-3-6-11-13(12)9-4-1-2-5-10(9)14-15(11)19-8-18-14/h1-6,17H,7-8H2. The third-order valence-electron chi connectivity index (χ3n) is 3.57. The molecule has 19 heavy (non-hydrogen) atoms. The van der Waals surface area contributed by atoms with Crippen LogP contribution in [-0.2, 0) is 0 Å². The monoisotopic (exact) mass is 253 g/mol. The number of hydrogen-bond donors (Lipinski definition) is 1. The fourth-order valence-corrected chi connectivity index (χ4v) is 2.79. The van der Waals surface area contributed by atoms with Crippen molar-refractivity contribution in [1.82, 2.24) is 0 Å². The molecular weight excluding hydrogens is 242 g/mol. The maximum absolute atomic E-state index is 9.23. The van der Waals surface area contributed by atoms with Crippen LogP contribution in [0, 0.1) is 0 Å². The van der Waals surface area contributed by atoms with Crippen LogP contribution in [0.5, 0.6) is 11.5 Å². The molecule has 0 amide bonds. The molecule has 94 valence electrons. The molecule has 0 fully saturated rings. The highest BCUT2D eigenvalue weighted by Crippen LogP contribution is 2.46. The van der Waals surface area contributed by atoms with Gasteiger partial charge in [0.05, 0.1) is 5.71 Å². The Kier molecular flexibility index (Phi) is 2.06. The minimum absolute atomic E-state index is 0.231. The first kappa shape index (κ1) is 10.4. The smallest absolute Gasteiger partial charge is 0.231 e. The first-order valence-corrected chi connectivity index (χ1v) is 6.12. The Balaban J connectivity index is 2.22. The second-order valence-electron chi connectivity index (χ2n) is 4.55. The Morgan fingerprint density at radius 1 is 1.05 bits per heavy atom. The van der Waals surface area contributed by atoms with Crippen LogP contribution in [0.25, 0.3) is 16.8 Å². The number of nitrogens with zero attached hydrogens (tertiary/aromatic N) is 1. The van der Waals surface area contributed by atoms with E-state index < -0.39 is 0 Å². The molecule has 0 aromatic heterocycles. The molecule has 0 atom stereocenters. The molecule has 4 rings (SSSR count). The molecule has 0 bridgehead atoms. The van der Waals surface area contributed by atoms with E-state index in [2.05, 4.69) is 5.16 Å². The lowest BCUT2D eigenvalue weighted by atomic mass is 9.89. The molecule has 1 aliphatic heterocycles. The predicted molar refractivity (Wildman–Crippen MR) is 72.0 cm³/mol. The van der Waals surface area contributed by atoms with E-state index >= 15 is 0 Å². The lowest BCUT2D eigenvalue weighted by Gasteiger charge is -2.17. The predicted octanol–water partition coefficient (Wildman–Crippen LogP) is 3.16. The normalized spacial score (nSPS) is 18.0. The van der Waals surface area contributed by atoms with Crippen LogP contribution in [0.4, 0.5) is 0 Å². The maximum atomic E-state index is 9.23. The fraction of sp³-hybridized carbons (Fsp3) is 0.133. The highest BCUT2D eigenvalue weighted by molar-refractivity contribution is 6.17. The summed E-state index contributed by atoms with van der Waals surface area (Å²) in [5, 5.41) is 14.7. The van der Waals surface area contributed by atoms with Crippen LogP contribution in [0.15, 0.2) is 35.5 Å². The van der Waals surface area contributed by atoms with E-state index in [-0.39, 0.29) is 6.79 Å². The van der Waals surface area contributed by atoms with Crippen molar-refractivity contribution in [2.45, 2.75) is 6.42 Å². The van der Waals surface area contributed by atoms with Gasteiger partial charge in [0, 0.05) is 22.9 Å². The van der Waals surface area contributed by atoms with Gasteiger partial charge in [-0.25, -0.2) is 0 Å². The number of ether oxygens (including phenoxy) is 2. The molecule has 0 saturated heterocycles. The molecule has 1 aliphatic carbocycles. The van der Waals surface area contributed by atoms with Crippen molar-refractivity contribution >= 4 is 22.6 Å². The van der Waals surface area contributed by atoms with Gasteiger partial charge in [-0.15, -0.1) is 0 Å². The van der Waals surface area contributed by atoms with Crippen LogP contribution in [0.1, 0.15) is 17.5 Å². The van der Waals surface area contributed by atoms with Crippen LogP contribution in [0.3, 0.4) is 0 Å². The van der Waals surface area contributed by atoms with Gasteiger partial charge >= 0.3 is 0 Å². The summed E-state index contributed by atoms with van der Waals surface area (Å²) in [4.78, 5) is 0. The van der Waals surface area contributed by atoms with E-state index in [0.717, 1.165) is 33.4 Å². The zero-order chi connectivity index (χ0) is 12.8. The van der Waals surface area contributed by atoms with Gasteiger partial charge in [0.2, 0.25) is 6.79 Å². The maximum Gasteiger partial charge on any atom is 0.231 e. The Morgan fingerprint density at radius 3 is 2.68 bits per heavy atom. The molecule has 4 heteroatoms. The van der Waals surface area contributed by atoms with E-state index in [9.17, 15) is 5.21 Å². The summed E-state index contributed by atoms with van der Waals surface area (Å²) in [6, 6.07) is 7.94. The van der Waals surface area contributed by atoms with Gasteiger partial charge in [0.15, 0.2) is 11.5 Å². The van der Waals surface area contributed by atoms with E-state index in [1.807, 2.05) is 36.4 Å². The van der Waals surface area contributed by atoms with E-state index in [1.54, 1.807) is 0 Å². The third-order valence-corrected chi connectivity index (χ3v) is 3.57. The highest BCUT2D eigenvalue weighted by Gasteiger charge is 2.27. The molecule has 2 aromatic rings. The summed E-state index contributed by atoms with van der Waals surface area (Å²) in [6.45, 7) is 0.231. The Labute approximate surface area is 109 Å². The number of hydrogen-bond acceptors (Lipinski definition) is 4. The number of rotatable bonds is 0. The second-order valence-corrected chi connectivity index (χ2v) is 4.55. The van der Waals surface area contributed by atoms with Crippen LogP contribution in [0.2, 0.25) is 0 Å². The number of oxime groups is 1. The SMILES string of the molecule is ON=C1CC=Cc2c3c(c4ccccc4c21)OCO3. The topological polar surface area (TPSA) is 51.1 Å². The molecule has 1 N–H and O–H groups in total. The lowest BCUT2D eigenvalue weighted by molar-refractivity contribution is 0.174. The van der Waals surface area contributed by atoms with Gasteiger partial charge in [0.1, 0.15) is 0 Å². The zero-order valence-electron chi connectivity index (χ0n) is 10.1. The summed E-state index contributed by atoms with van der Waals surface area (Å²) in [7, 11) is 0. The third kappa shape index (κ3) is 1.31. The summed E-state index contributed by atoms with van der Waals surface area (Å²) in [5.74, 6) is 1.52. The Morgan fingerprint density at radius 2 is 1.84 bits per heavy atom. The summed E-state index contributed by atoms with van der Waals surface area (Å²) < 4.78 is 11.2. The highest BCUT2D eigenvalue weighted by atomic mass is 16.7. The van der Waals surface area contributed by atoms with Gasteiger partial charge in [-0.2, -0.15) is 0 Å². The largest absolute Gasteiger partial charge is 0.453 e. The van der Waals surface area contributed by atoms with Crippen molar-refractivity contribution < 1.29 is 14.7 Å². The van der Waals surface area contributed by atoms with E-state index in [1.165, 1.54) is 0 Å². The fourth-order valence-electron chi connectivity index (χ4n) is 2.79. The molecule has 2 aromatic carbocycles. The first-order valence-electron chi connectivity index (χ1n) is 6.12. The Bertz CT molecular complexity index is 747. The molecule has 1 heterocycles. The first-order chi connectivity index (χ1) is 9.40. The summed E-state index contributed by atoms with van der Waals surface area (Å²) in [6.07, 6.45) is 4.59. The van der Waals surface area contributed by atoms with Crippen molar-refractivity contribution in [2.24, 2.45) is 5.16 Å². The minimum atomic E-state index is 0.231. The van der Waals surface area contributed by atoms with Crippen LogP contribution >= 0.6 is 0 Å². The van der Waals surface area contributed by atoms with Crippen molar-refractivity contribution in [3.63, 3.8) is 0 Å². The molecule has 0 spiro atoms. The molecular formula is C15H11NO3. The molecule has 0 saturated carbocycles. The molecule has 4 nitrogen and oxygen atoms in total. The second kappa shape index (κ2) is 3.75. The van der Waals surface area contributed by atoms with Crippen molar-refractivity contribution in [2.75, 3.05) is 6.79 Å². The average Bonchev–Trinajstić information content (AvgIpc) is 2.96. The summed E-state index contributed by atoms with van der Waals surface area (Å²) >= 11 is 0. The van der Waals surface area contributed by atoms with Gasteiger partial charge < -0.3 is 14.7 Å². The summed E-state index contributed by atoms with van der Waals surface area (Å²) in [5.41, 5.74) is 2.53. The lowest BCUT2D eigenvalue weighted by Crippen LogP contribution is -2.07. The molecule has 0 radical (unpaired) electrons. The van der Waals surface area contributed by atoms with Gasteiger partial charge in [-0.1, -0.05) is 41.6 Å². The number of fused-ring (bicyclic) bond motifs is 6. The van der Waals surface area contributed by atoms with Crippen LogP contribution in [-0.4, -0.2) is 17.7 Å². The quantitative estimate of drug-likeness (QED) is 0.579. The molecule has 2 aliphatic rings. The molecule has 0 unspecified atom stereocenters. The minimum Gasteiger partial charge on any atom is -0.453 e. The van der Waals surface area contributed by atoms with Gasteiger partial charge in [-0.05, 0) is 5.39 Å². The van der Waals surface area contributed by atoms with Crippen molar-refractivity contribution in [1.29, 1.82) is 0 Å². The number of benzene rings is 2. The number of allylic oxidation sites excluding steroid dienone is 1. The van der Waals surface area contributed by atoms with Gasteiger partial charge in [-0.3, -0.25) is 0 Å². The van der Waals surface area contributed by atoms with Crippen molar-refractivity contribution in [3.05, 3.63) is 41.5 Å². The van der Waals surface area contributed by atoms with Crippen molar-refractivity contribution in [3.8, 4) is 11.5 Å². The van der Waals surface area contributed by atoms with E-state index in [0.29, 0.717) is 12.1 Å². The van der Waals surface area contributed by atoms with Gasteiger partial charge in [0.25, 0.3) is 0 Å². The average molecular weight is 253 g/mol. The zero-order valence-corrected chi connectivity index (χ0v) is 10.1. The Hall–Kier alpha value is -2.49. The van der Waals surface area contributed by atoms with E-state index in [4.69, 9.17) is 9.47 Å².